The maximum absolute atomic E-state index is 11.7. The third kappa shape index (κ3) is 3.20. The molecule has 0 heterocycles. The van der Waals surface area contributed by atoms with Crippen molar-refractivity contribution in [3.63, 3.8) is 0 Å². The molecule has 92 valence electrons. The van der Waals surface area contributed by atoms with Gasteiger partial charge in [0.2, 0.25) is 0 Å². The molecule has 0 aliphatic rings. The Morgan fingerprint density at radius 2 is 2.12 bits per heavy atom. The van der Waals surface area contributed by atoms with Gasteiger partial charge in [-0.15, -0.1) is 11.6 Å². The summed E-state index contributed by atoms with van der Waals surface area (Å²) < 4.78 is 4.82. The SMILES string of the molecule is CCOC(=O)c1cccc(O)c1C(=O)CCCl. The van der Waals surface area contributed by atoms with Gasteiger partial charge in [-0.1, -0.05) is 6.07 Å². The Bertz CT molecular complexity index is 429. The number of hydrogen-bond donors (Lipinski definition) is 1. The molecule has 4 nitrogen and oxygen atoms in total. The Morgan fingerprint density at radius 1 is 1.41 bits per heavy atom. The molecule has 0 radical (unpaired) electrons. The van der Waals surface area contributed by atoms with Gasteiger partial charge in [-0.25, -0.2) is 4.79 Å². The number of ether oxygens (including phenoxy) is 1. The summed E-state index contributed by atoms with van der Waals surface area (Å²) in [4.78, 5) is 23.4. The fourth-order valence-electron chi connectivity index (χ4n) is 1.42. The second kappa shape index (κ2) is 6.25. The molecule has 0 saturated heterocycles. The Balaban J connectivity index is 3.17. The molecule has 0 atom stereocenters. The lowest BCUT2D eigenvalue weighted by molar-refractivity contribution is 0.0522. The fourth-order valence-corrected chi connectivity index (χ4v) is 1.59. The predicted molar refractivity (Wildman–Crippen MR) is 63.7 cm³/mol. The number of benzene rings is 1. The normalized spacial score (nSPS) is 10.0. The molecule has 0 aliphatic carbocycles. The molecular formula is C12H13ClO4. The number of carbonyl (C=O) groups is 2. The van der Waals surface area contributed by atoms with Crippen LogP contribution in [0.4, 0.5) is 0 Å². The van der Waals surface area contributed by atoms with E-state index in [0.717, 1.165) is 0 Å². The molecule has 1 N–H and O–H groups in total. The minimum atomic E-state index is -0.624. The molecule has 1 aromatic rings. The fraction of sp³-hybridized carbons (Fsp3) is 0.333. The van der Waals surface area contributed by atoms with E-state index in [0.29, 0.717) is 0 Å². The van der Waals surface area contributed by atoms with Gasteiger partial charge >= 0.3 is 5.97 Å². The highest BCUT2D eigenvalue weighted by Gasteiger charge is 2.20. The van der Waals surface area contributed by atoms with Crippen LogP contribution in [0.2, 0.25) is 0 Å². The molecule has 5 heteroatoms. The van der Waals surface area contributed by atoms with Gasteiger partial charge in [0.15, 0.2) is 5.78 Å². The minimum Gasteiger partial charge on any atom is -0.507 e. The number of rotatable bonds is 5. The maximum Gasteiger partial charge on any atom is 0.338 e. The first kappa shape index (κ1) is 13.5. The molecule has 0 fully saturated rings. The lowest BCUT2D eigenvalue weighted by atomic mass is 10.0. The summed E-state index contributed by atoms with van der Waals surface area (Å²) in [7, 11) is 0. The van der Waals surface area contributed by atoms with Crippen LogP contribution >= 0.6 is 11.6 Å². The molecule has 0 spiro atoms. The molecule has 0 bridgehead atoms. The molecule has 0 aromatic heterocycles. The van der Waals surface area contributed by atoms with Crippen molar-refractivity contribution in [2.45, 2.75) is 13.3 Å². The zero-order valence-corrected chi connectivity index (χ0v) is 10.2. The van der Waals surface area contributed by atoms with E-state index in [2.05, 4.69) is 0 Å². The summed E-state index contributed by atoms with van der Waals surface area (Å²) in [5.74, 6) is -1.09. The van der Waals surface area contributed by atoms with E-state index < -0.39 is 5.97 Å². The molecule has 17 heavy (non-hydrogen) atoms. The van der Waals surface area contributed by atoms with Gasteiger partial charge in [-0.05, 0) is 19.1 Å². The first-order valence-electron chi connectivity index (χ1n) is 5.20. The summed E-state index contributed by atoms with van der Waals surface area (Å²) in [5.41, 5.74) is 0.0496. The van der Waals surface area contributed by atoms with E-state index in [1.807, 2.05) is 0 Å². The second-order valence-corrected chi connectivity index (χ2v) is 3.66. The number of ketones is 1. The number of Topliss-reactive ketones (excluding diaryl/α,β-unsaturated/α-hetero) is 1. The van der Waals surface area contributed by atoms with E-state index in [-0.39, 0.29) is 41.6 Å². The van der Waals surface area contributed by atoms with Gasteiger partial charge in [-0.3, -0.25) is 4.79 Å². The van der Waals surface area contributed by atoms with Gasteiger partial charge in [0.05, 0.1) is 17.7 Å². The highest BCUT2D eigenvalue weighted by Crippen LogP contribution is 2.23. The molecule has 0 saturated carbocycles. The van der Waals surface area contributed by atoms with Crippen LogP contribution in [-0.2, 0) is 4.74 Å². The number of hydrogen-bond acceptors (Lipinski definition) is 4. The van der Waals surface area contributed by atoms with Gasteiger partial charge in [-0.2, -0.15) is 0 Å². The topological polar surface area (TPSA) is 63.6 Å². The van der Waals surface area contributed by atoms with Crippen LogP contribution in [0, 0.1) is 0 Å². The summed E-state index contributed by atoms with van der Waals surface area (Å²) in [5, 5.41) is 9.63. The van der Waals surface area contributed by atoms with Crippen molar-refractivity contribution in [3.05, 3.63) is 29.3 Å². The van der Waals surface area contributed by atoms with Crippen LogP contribution in [0.1, 0.15) is 34.1 Å². The first-order valence-corrected chi connectivity index (χ1v) is 5.73. The highest BCUT2D eigenvalue weighted by molar-refractivity contribution is 6.20. The average molecular weight is 257 g/mol. The number of halogens is 1. The average Bonchev–Trinajstić information content (AvgIpc) is 2.29. The zero-order valence-electron chi connectivity index (χ0n) is 9.40. The van der Waals surface area contributed by atoms with Crippen molar-refractivity contribution in [2.75, 3.05) is 12.5 Å². The Kier molecular flexibility index (Phi) is 4.97. The number of aromatic hydroxyl groups is 1. The lowest BCUT2D eigenvalue weighted by Crippen LogP contribution is -2.12. The van der Waals surface area contributed by atoms with Gasteiger partial charge in [0.25, 0.3) is 0 Å². The van der Waals surface area contributed by atoms with Gasteiger partial charge in [0.1, 0.15) is 5.75 Å². The second-order valence-electron chi connectivity index (χ2n) is 3.28. The van der Waals surface area contributed by atoms with E-state index in [1.54, 1.807) is 6.92 Å². The summed E-state index contributed by atoms with van der Waals surface area (Å²) in [6.07, 6.45) is 0.0610. The van der Waals surface area contributed by atoms with Gasteiger partial charge < -0.3 is 9.84 Å². The van der Waals surface area contributed by atoms with E-state index in [4.69, 9.17) is 16.3 Å². The van der Waals surface area contributed by atoms with Crippen LogP contribution in [-0.4, -0.2) is 29.3 Å². The maximum atomic E-state index is 11.7. The quantitative estimate of drug-likeness (QED) is 0.499. The first-order chi connectivity index (χ1) is 8.11. The van der Waals surface area contributed by atoms with Crippen molar-refractivity contribution in [1.29, 1.82) is 0 Å². The van der Waals surface area contributed by atoms with Crippen LogP contribution in [0.5, 0.6) is 5.75 Å². The third-order valence-electron chi connectivity index (χ3n) is 2.14. The van der Waals surface area contributed by atoms with Crippen LogP contribution in [0.3, 0.4) is 0 Å². The Labute approximate surface area is 104 Å². The minimum absolute atomic E-state index is 0.0217. The van der Waals surface area contributed by atoms with Crippen molar-refractivity contribution in [3.8, 4) is 5.75 Å². The van der Waals surface area contributed by atoms with Crippen LogP contribution in [0.25, 0.3) is 0 Å². The Morgan fingerprint density at radius 3 is 2.71 bits per heavy atom. The predicted octanol–water partition coefficient (Wildman–Crippen LogP) is 2.38. The summed E-state index contributed by atoms with van der Waals surface area (Å²) >= 11 is 5.47. The molecule has 1 rings (SSSR count). The molecule has 0 aliphatic heterocycles. The smallest absolute Gasteiger partial charge is 0.338 e. The largest absolute Gasteiger partial charge is 0.507 e. The standard InChI is InChI=1S/C12H13ClO4/c1-2-17-12(16)8-4-3-5-9(14)11(8)10(15)6-7-13/h3-5,14H,2,6-7H2,1H3. The molecule has 0 unspecified atom stereocenters. The number of phenolic OH excluding ortho intramolecular Hbond substituents is 1. The number of phenols is 1. The highest BCUT2D eigenvalue weighted by atomic mass is 35.5. The molecular weight excluding hydrogens is 244 g/mol. The van der Waals surface area contributed by atoms with Crippen molar-refractivity contribution < 1.29 is 19.4 Å². The zero-order chi connectivity index (χ0) is 12.8. The summed E-state index contributed by atoms with van der Waals surface area (Å²) in [6, 6.07) is 4.28. The van der Waals surface area contributed by atoms with Crippen molar-refractivity contribution >= 4 is 23.4 Å². The van der Waals surface area contributed by atoms with Crippen LogP contribution < -0.4 is 0 Å². The number of carbonyl (C=O) groups excluding carboxylic acids is 2. The number of alkyl halides is 1. The third-order valence-corrected chi connectivity index (χ3v) is 2.33. The Hall–Kier alpha value is -1.55. The summed E-state index contributed by atoms with van der Waals surface area (Å²) in [6.45, 7) is 1.87. The molecule has 1 aromatic carbocycles. The lowest BCUT2D eigenvalue weighted by Gasteiger charge is -2.09. The van der Waals surface area contributed by atoms with E-state index in [1.165, 1.54) is 18.2 Å². The van der Waals surface area contributed by atoms with E-state index in [9.17, 15) is 14.7 Å². The molecule has 0 amide bonds. The van der Waals surface area contributed by atoms with Crippen LogP contribution in [0.15, 0.2) is 18.2 Å². The van der Waals surface area contributed by atoms with Crippen molar-refractivity contribution in [1.82, 2.24) is 0 Å². The van der Waals surface area contributed by atoms with E-state index >= 15 is 0 Å². The van der Waals surface area contributed by atoms with Crippen molar-refractivity contribution in [2.24, 2.45) is 0 Å². The number of esters is 1. The van der Waals surface area contributed by atoms with Gasteiger partial charge in [0, 0.05) is 12.3 Å². The monoisotopic (exact) mass is 256 g/mol.